The number of benzene rings is 4. The zero-order chi connectivity index (χ0) is 25.8. The first kappa shape index (κ1) is 25.5. The second-order valence-corrected chi connectivity index (χ2v) is 11.4. The second-order valence-electron chi connectivity index (χ2n) is 8.61. The maximum Gasteiger partial charge on any atom is 0.245 e. The summed E-state index contributed by atoms with van der Waals surface area (Å²) in [7, 11) is 0. The van der Waals surface area contributed by atoms with Crippen LogP contribution in [0.2, 0.25) is 5.02 Å². The van der Waals surface area contributed by atoms with Gasteiger partial charge in [-0.1, -0.05) is 72.8 Å². The van der Waals surface area contributed by atoms with Crippen molar-refractivity contribution in [2.24, 2.45) is 0 Å². The fourth-order valence-electron chi connectivity index (χ4n) is 4.20. The van der Waals surface area contributed by atoms with Crippen LogP contribution in [0.4, 0.5) is 17.1 Å². The van der Waals surface area contributed by atoms with Gasteiger partial charge in [0, 0.05) is 25.4 Å². The van der Waals surface area contributed by atoms with Crippen molar-refractivity contribution < 1.29 is 9.59 Å². The number of nitrogens with one attached hydrogen (secondary N) is 1. The number of hydrogen-bond acceptors (Lipinski definition) is 4. The maximum absolute atomic E-state index is 14.0. The van der Waals surface area contributed by atoms with E-state index in [1.165, 1.54) is 11.8 Å². The van der Waals surface area contributed by atoms with Gasteiger partial charge in [0.1, 0.15) is 0 Å². The van der Waals surface area contributed by atoms with Crippen LogP contribution in [0.15, 0.2) is 112 Å². The van der Waals surface area contributed by atoms with Crippen LogP contribution in [0.25, 0.3) is 0 Å². The van der Waals surface area contributed by atoms with E-state index in [4.69, 9.17) is 11.6 Å². The minimum atomic E-state index is -0.288. The SMILES string of the molecule is CCC(Sc1cccc(NC(=O)Cc2ccc(Cl)cc2)c1)C(=O)N1c2ccccc2Sc2ccccc21. The average molecular weight is 545 g/mol. The third-order valence-electron chi connectivity index (χ3n) is 5.97. The third-order valence-corrected chi connectivity index (χ3v) is 8.70. The van der Waals surface area contributed by atoms with Crippen molar-refractivity contribution in [3.8, 4) is 0 Å². The lowest BCUT2D eigenvalue weighted by atomic mass is 10.1. The molecule has 0 saturated heterocycles. The van der Waals surface area contributed by atoms with Crippen LogP contribution in [-0.2, 0) is 16.0 Å². The summed E-state index contributed by atoms with van der Waals surface area (Å²) in [6, 6.07) is 31.0. The summed E-state index contributed by atoms with van der Waals surface area (Å²) in [6.07, 6.45) is 0.932. The van der Waals surface area contributed by atoms with Gasteiger partial charge in [0.25, 0.3) is 0 Å². The summed E-state index contributed by atoms with van der Waals surface area (Å²) in [5, 5.41) is 3.33. The number of nitrogens with zero attached hydrogens (tertiary/aromatic N) is 1. The smallest absolute Gasteiger partial charge is 0.245 e. The molecule has 37 heavy (non-hydrogen) atoms. The predicted octanol–water partition coefficient (Wildman–Crippen LogP) is 8.22. The lowest BCUT2D eigenvalue weighted by molar-refractivity contribution is -0.117. The van der Waals surface area contributed by atoms with Crippen LogP contribution in [0, 0.1) is 0 Å². The van der Waals surface area contributed by atoms with Gasteiger partial charge in [0.05, 0.1) is 23.0 Å². The van der Waals surface area contributed by atoms with Crippen LogP contribution in [0.3, 0.4) is 0 Å². The Bertz CT molecular complexity index is 1400. The molecule has 4 aromatic carbocycles. The van der Waals surface area contributed by atoms with Gasteiger partial charge in [-0.2, -0.15) is 0 Å². The summed E-state index contributed by atoms with van der Waals surface area (Å²) in [5.41, 5.74) is 3.43. The second kappa shape index (κ2) is 11.5. The van der Waals surface area contributed by atoms with Crippen molar-refractivity contribution in [3.05, 3.63) is 108 Å². The number of carbonyl (C=O) groups excluding carboxylic acids is 2. The highest BCUT2D eigenvalue weighted by atomic mass is 35.5. The summed E-state index contributed by atoms with van der Waals surface area (Å²) < 4.78 is 0. The molecule has 4 aromatic rings. The number of hydrogen-bond donors (Lipinski definition) is 1. The van der Waals surface area contributed by atoms with Gasteiger partial charge in [0.15, 0.2) is 0 Å². The largest absolute Gasteiger partial charge is 0.326 e. The standard InChI is InChI=1S/C30H25ClN2O2S2/c1-2-26(30(35)33-24-10-3-5-12-27(24)37-28-13-6-4-11-25(28)33)36-23-9-7-8-22(19-23)32-29(34)18-20-14-16-21(31)17-15-20/h3-17,19,26H,2,18H2,1H3,(H,32,34). The molecule has 0 radical (unpaired) electrons. The Morgan fingerprint density at radius 1 is 0.892 bits per heavy atom. The molecule has 1 aliphatic rings. The van der Waals surface area contributed by atoms with Gasteiger partial charge in [0.2, 0.25) is 11.8 Å². The molecule has 7 heteroatoms. The number of thioether (sulfide) groups is 1. The fraction of sp³-hybridized carbons (Fsp3) is 0.133. The number of amides is 2. The highest BCUT2D eigenvalue weighted by Crippen LogP contribution is 2.48. The Morgan fingerprint density at radius 2 is 1.54 bits per heavy atom. The zero-order valence-electron chi connectivity index (χ0n) is 20.2. The Labute approximate surface area is 230 Å². The number of anilines is 3. The van der Waals surface area contributed by atoms with Gasteiger partial charge in [-0.25, -0.2) is 0 Å². The molecule has 1 atom stereocenters. The van der Waals surface area contributed by atoms with E-state index >= 15 is 0 Å². The highest BCUT2D eigenvalue weighted by molar-refractivity contribution is 8.00. The number of fused-ring (bicyclic) bond motifs is 2. The average Bonchev–Trinajstić information content (AvgIpc) is 2.91. The first-order valence-corrected chi connectivity index (χ1v) is 14.1. The number of para-hydroxylation sites is 2. The van der Waals surface area contributed by atoms with Crippen LogP contribution < -0.4 is 10.2 Å². The molecular weight excluding hydrogens is 520 g/mol. The van der Waals surface area contributed by atoms with Gasteiger partial charge < -0.3 is 5.32 Å². The van der Waals surface area contributed by atoms with E-state index in [-0.39, 0.29) is 23.5 Å². The molecule has 0 spiro atoms. The molecule has 186 valence electrons. The van der Waals surface area contributed by atoms with E-state index in [1.807, 2.05) is 84.6 Å². The predicted molar refractivity (Wildman–Crippen MR) is 154 cm³/mol. The lowest BCUT2D eigenvalue weighted by Crippen LogP contribution is -2.35. The van der Waals surface area contributed by atoms with E-state index in [0.717, 1.165) is 31.6 Å². The molecule has 1 unspecified atom stereocenters. The molecule has 0 bridgehead atoms. The van der Waals surface area contributed by atoms with E-state index in [2.05, 4.69) is 17.4 Å². The summed E-state index contributed by atoms with van der Waals surface area (Å²) >= 11 is 9.15. The molecule has 1 aliphatic heterocycles. The molecule has 0 aliphatic carbocycles. The molecule has 1 heterocycles. The first-order valence-electron chi connectivity index (χ1n) is 12.0. The van der Waals surface area contributed by atoms with Crippen molar-refractivity contribution in [3.63, 3.8) is 0 Å². The summed E-state index contributed by atoms with van der Waals surface area (Å²) in [6.45, 7) is 2.03. The lowest BCUT2D eigenvalue weighted by Gasteiger charge is -2.33. The van der Waals surface area contributed by atoms with E-state index in [1.54, 1.807) is 23.9 Å². The Hall–Kier alpha value is -3.19. The fourth-order valence-corrected chi connectivity index (χ4v) is 6.44. The number of halogens is 1. The van der Waals surface area contributed by atoms with Gasteiger partial charge in [-0.3, -0.25) is 14.5 Å². The molecule has 0 fully saturated rings. The van der Waals surface area contributed by atoms with Crippen molar-refractivity contribution in [1.29, 1.82) is 0 Å². The number of carbonyl (C=O) groups is 2. The summed E-state index contributed by atoms with van der Waals surface area (Å²) in [4.78, 5) is 31.5. The first-order chi connectivity index (χ1) is 18.0. The molecule has 5 rings (SSSR count). The monoisotopic (exact) mass is 544 g/mol. The van der Waals surface area contributed by atoms with Crippen LogP contribution in [-0.4, -0.2) is 17.1 Å². The Kier molecular flexibility index (Phi) is 7.89. The normalized spacial score (nSPS) is 12.9. The van der Waals surface area contributed by atoms with E-state index in [0.29, 0.717) is 17.1 Å². The van der Waals surface area contributed by atoms with Crippen LogP contribution in [0.1, 0.15) is 18.9 Å². The maximum atomic E-state index is 14.0. The van der Waals surface area contributed by atoms with Crippen molar-refractivity contribution in [1.82, 2.24) is 0 Å². The van der Waals surface area contributed by atoms with Gasteiger partial charge in [-0.15, -0.1) is 11.8 Å². The topological polar surface area (TPSA) is 49.4 Å². The highest BCUT2D eigenvalue weighted by Gasteiger charge is 2.32. The van der Waals surface area contributed by atoms with Crippen molar-refractivity contribution in [2.75, 3.05) is 10.2 Å². The Morgan fingerprint density at radius 3 is 2.19 bits per heavy atom. The van der Waals surface area contributed by atoms with Crippen LogP contribution >= 0.6 is 35.1 Å². The van der Waals surface area contributed by atoms with Crippen molar-refractivity contribution in [2.45, 2.75) is 39.7 Å². The van der Waals surface area contributed by atoms with E-state index in [9.17, 15) is 9.59 Å². The molecule has 0 aromatic heterocycles. The molecule has 2 amide bonds. The third kappa shape index (κ3) is 5.87. The number of rotatable bonds is 7. The molecule has 1 N–H and O–H groups in total. The van der Waals surface area contributed by atoms with Gasteiger partial charge in [-0.05, 0) is 66.6 Å². The quantitative estimate of drug-likeness (QED) is 0.238. The molecule has 0 saturated carbocycles. The minimum absolute atomic E-state index is 0.0462. The van der Waals surface area contributed by atoms with Crippen LogP contribution in [0.5, 0.6) is 0 Å². The summed E-state index contributed by atoms with van der Waals surface area (Å²) in [5.74, 6) is -0.0588. The Balaban J connectivity index is 1.33. The van der Waals surface area contributed by atoms with Gasteiger partial charge >= 0.3 is 0 Å². The van der Waals surface area contributed by atoms with Crippen molar-refractivity contribution >= 4 is 64.0 Å². The van der Waals surface area contributed by atoms with E-state index < -0.39 is 0 Å². The minimum Gasteiger partial charge on any atom is -0.326 e. The zero-order valence-corrected chi connectivity index (χ0v) is 22.6. The molecule has 4 nitrogen and oxygen atoms in total. The molecular formula is C30H25ClN2O2S2.